The predicted molar refractivity (Wildman–Crippen MR) is 90.1 cm³/mol. The van der Waals surface area contributed by atoms with Crippen LogP contribution in [-0.4, -0.2) is 31.8 Å². The minimum atomic E-state index is -3.93. The summed E-state index contributed by atoms with van der Waals surface area (Å²) in [6.07, 6.45) is 1.10. The van der Waals surface area contributed by atoms with Gasteiger partial charge in [-0.15, -0.1) is 5.10 Å². The first kappa shape index (κ1) is 17.1. The highest BCUT2D eigenvalue weighted by Crippen LogP contribution is 2.24. The number of sulfone groups is 1. The Bertz CT molecular complexity index is 1110. The number of anilines is 1. The molecule has 0 amide bonds. The average molecular weight is 378 g/mol. The fourth-order valence-electron chi connectivity index (χ4n) is 2.19. The summed E-state index contributed by atoms with van der Waals surface area (Å²) >= 11 is 0. The van der Waals surface area contributed by atoms with E-state index in [1.807, 2.05) is 0 Å². The van der Waals surface area contributed by atoms with E-state index in [2.05, 4.69) is 15.0 Å². The molecule has 0 saturated carbocycles. The number of rotatable bonds is 5. The highest BCUT2D eigenvalue weighted by Gasteiger charge is 2.21. The van der Waals surface area contributed by atoms with Crippen molar-refractivity contribution in [2.45, 2.75) is 14.8 Å². The van der Waals surface area contributed by atoms with Crippen molar-refractivity contribution in [1.29, 1.82) is 0 Å². The fraction of sp³-hybridized carbons (Fsp3) is 0.0667. The van der Waals surface area contributed by atoms with Crippen molar-refractivity contribution in [3.05, 3.63) is 60.8 Å². The lowest BCUT2D eigenvalue weighted by atomic mass is 10.3. The summed E-state index contributed by atoms with van der Waals surface area (Å²) in [7, 11) is -6.24. The third-order valence-electron chi connectivity index (χ3n) is 3.40. The van der Waals surface area contributed by atoms with Gasteiger partial charge in [-0.1, -0.05) is 29.5 Å². The second-order valence-electron chi connectivity index (χ2n) is 5.15. The molecule has 0 unspecified atom stereocenters. The van der Waals surface area contributed by atoms with Crippen LogP contribution < -0.4 is 4.72 Å². The van der Waals surface area contributed by atoms with Gasteiger partial charge in [0.2, 0.25) is 9.84 Å². The van der Waals surface area contributed by atoms with E-state index in [0.717, 1.165) is 10.9 Å². The van der Waals surface area contributed by atoms with Crippen LogP contribution in [0.1, 0.15) is 0 Å². The number of benzene rings is 2. The molecule has 0 aliphatic carbocycles. The summed E-state index contributed by atoms with van der Waals surface area (Å²) in [6.45, 7) is 0. The maximum absolute atomic E-state index is 12.6. The van der Waals surface area contributed by atoms with Gasteiger partial charge in [0.25, 0.3) is 10.0 Å². The van der Waals surface area contributed by atoms with Gasteiger partial charge in [0.15, 0.2) is 5.03 Å². The summed E-state index contributed by atoms with van der Waals surface area (Å²) in [6, 6.07) is 13.5. The van der Waals surface area contributed by atoms with Crippen LogP contribution in [-0.2, 0) is 26.9 Å². The molecule has 0 fully saturated rings. The molecule has 25 heavy (non-hydrogen) atoms. The van der Waals surface area contributed by atoms with Crippen LogP contribution >= 0.6 is 0 Å². The summed E-state index contributed by atoms with van der Waals surface area (Å²) in [4.78, 5) is 0.118. The van der Waals surface area contributed by atoms with Crippen molar-refractivity contribution in [3.8, 4) is 0 Å². The maximum atomic E-state index is 12.6. The van der Waals surface area contributed by atoms with Crippen LogP contribution in [0.25, 0.3) is 0 Å². The summed E-state index contributed by atoms with van der Waals surface area (Å²) < 4.78 is 53.4. The molecule has 2 aromatic carbocycles. The standard InChI is InChI=1S/C15H14N4O4S2/c1-19-15(11-16-18-19)25(22,23)17-12-6-5-9-14(10-12)24(20,21)13-7-3-2-4-8-13/h2-11,17H,1H3. The van der Waals surface area contributed by atoms with Gasteiger partial charge in [-0.05, 0) is 30.3 Å². The minimum Gasteiger partial charge on any atom is -0.278 e. The molecule has 0 bridgehead atoms. The van der Waals surface area contributed by atoms with Crippen LogP contribution in [0.2, 0.25) is 0 Å². The minimum absolute atomic E-state index is 0.0120. The van der Waals surface area contributed by atoms with E-state index in [0.29, 0.717) is 0 Å². The van der Waals surface area contributed by atoms with Crippen LogP contribution in [0.15, 0.2) is 75.6 Å². The molecule has 0 aliphatic heterocycles. The summed E-state index contributed by atoms with van der Waals surface area (Å²) in [5.41, 5.74) is 0.123. The summed E-state index contributed by atoms with van der Waals surface area (Å²) in [5, 5.41) is 6.96. The van der Waals surface area contributed by atoms with Crippen molar-refractivity contribution >= 4 is 25.5 Å². The Balaban J connectivity index is 1.97. The Hall–Kier alpha value is -2.72. The number of aryl methyl sites for hydroxylation is 1. The second kappa shape index (κ2) is 6.30. The molecule has 1 N–H and O–H groups in total. The fourth-order valence-corrected chi connectivity index (χ4v) is 4.63. The van der Waals surface area contributed by atoms with E-state index >= 15 is 0 Å². The molecule has 1 aromatic heterocycles. The molecule has 0 saturated heterocycles. The van der Waals surface area contributed by atoms with Crippen molar-refractivity contribution in [1.82, 2.24) is 15.0 Å². The molecule has 0 atom stereocenters. The molecule has 0 spiro atoms. The molecular weight excluding hydrogens is 364 g/mol. The lowest BCUT2D eigenvalue weighted by Gasteiger charge is -2.10. The Morgan fingerprint density at radius 3 is 2.24 bits per heavy atom. The van der Waals surface area contributed by atoms with Crippen LogP contribution in [0.3, 0.4) is 0 Å². The number of aromatic nitrogens is 3. The molecule has 1 heterocycles. The first-order valence-electron chi connectivity index (χ1n) is 7.08. The van der Waals surface area contributed by atoms with Crippen molar-refractivity contribution in [2.24, 2.45) is 7.05 Å². The normalized spacial score (nSPS) is 12.0. The quantitative estimate of drug-likeness (QED) is 0.719. The van der Waals surface area contributed by atoms with Gasteiger partial charge in [-0.2, -0.15) is 8.42 Å². The van der Waals surface area contributed by atoms with E-state index in [1.165, 1.54) is 43.4 Å². The van der Waals surface area contributed by atoms with Gasteiger partial charge in [-0.3, -0.25) is 4.72 Å². The predicted octanol–water partition coefficient (Wildman–Crippen LogP) is 1.45. The average Bonchev–Trinajstić information content (AvgIpc) is 3.02. The molecule has 130 valence electrons. The Kier molecular flexibility index (Phi) is 4.31. The Morgan fingerprint density at radius 2 is 1.60 bits per heavy atom. The van der Waals surface area contributed by atoms with E-state index in [1.54, 1.807) is 18.2 Å². The van der Waals surface area contributed by atoms with E-state index in [-0.39, 0.29) is 20.5 Å². The van der Waals surface area contributed by atoms with Gasteiger partial charge >= 0.3 is 0 Å². The van der Waals surface area contributed by atoms with E-state index in [9.17, 15) is 16.8 Å². The topological polar surface area (TPSA) is 111 Å². The zero-order valence-electron chi connectivity index (χ0n) is 13.1. The smallest absolute Gasteiger partial charge is 0.278 e. The SMILES string of the molecule is Cn1nncc1S(=O)(=O)Nc1cccc(S(=O)(=O)c2ccccc2)c1. The van der Waals surface area contributed by atoms with Crippen LogP contribution in [0.5, 0.6) is 0 Å². The van der Waals surface area contributed by atoms with Gasteiger partial charge in [-0.25, -0.2) is 13.1 Å². The first-order valence-corrected chi connectivity index (χ1v) is 10.0. The molecular formula is C15H14N4O4S2. The highest BCUT2D eigenvalue weighted by atomic mass is 32.2. The number of sulfonamides is 1. The monoisotopic (exact) mass is 378 g/mol. The molecule has 8 nitrogen and oxygen atoms in total. The molecule has 0 radical (unpaired) electrons. The molecule has 10 heteroatoms. The molecule has 0 aliphatic rings. The number of nitrogens with zero attached hydrogens (tertiary/aromatic N) is 3. The second-order valence-corrected chi connectivity index (χ2v) is 8.72. The lowest BCUT2D eigenvalue weighted by Crippen LogP contribution is -2.17. The largest absolute Gasteiger partial charge is 0.280 e. The van der Waals surface area contributed by atoms with Crippen LogP contribution in [0, 0.1) is 0 Å². The van der Waals surface area contributed by atoms with Crippen molar-refractivity contribution in [2.75, 3.05) is 4.72 Å². The zero-order valence-corrected chi connectivity index (χ0v) is 14.7. The third-order valence-corrected chi connectivity index (χ3v) is 6.59. The third kappa shape index (κ3) is 3.39. The summed E-state index contributed by atoms with van der Waals surface area (Å²) in [5.74, 6) is 0. The molecule has 3 aromatic rings. The lowest BCUT2D eigenvalue weighted by molar-refractivity contribution is 0.579. The van der Waals surface area contributed by atoms with Gasteiger partial charge in [0.05, 0.1) is 21.7 Å². The van der Waals surface area contributed by atoms with Gasteiger partial charge in [0.1, 0.15) is 0 Å². The van der Waals surface area contributed by atoms with Crippen molar-refractivity contribution < 1.29 is 16.8 Å². The first-order chi connectivity index (χ1) is 11.8. The Morgan fingerprint density at radius 1 is 0.920 bits per heavy atom. The van der Waals surface area contributed by atoms with Crippen LogP contribution in [0.4, 0.5) is 5.69 Å². The van der Waals surface area contributed by atoms with E-state index in [4.69, 9.17) is 0 Å². The van der Waals surface area contributed by atoms with E-state index < -0.39 is 19.9 Å². The van der Waals surface area contributed by atoms with Gasteiger partial charge < -0.3 is 0 Å². The number of hydrogen-bond acceptors (Lipinski definition) is 6. The number of hydrogen-bond donors (Lipinski definition) is 1. The van der Waals surface area contributed by atoms with Gasteiger partial charge in [0, 0.05) is 7.05 Å². The molecule has 3 rings (SSSR count). The zero-order chi connectivity index (χ0) is 18.1. The van der Waals surface area contributed by atoms with Crippen molar-refractivity contribution in [3.63, 3.8) is 0 Å². The highest BCUT2D eigenvalue weighted by molar-refractivity contribution is 7.92. The maximum Gasteiger partial charge on any atom is 0.280 e. The Labute approximate surface area is 145 Å². The number of nitrogens with one attached hydrogen (secondary N) is 1.